The van der Waals surface area contributed by atoms with Crippen LogP contribution in [0.15, 0.2) is 6.20 Å². The van der Waals surface area contributed by atoms with Gasteiger partial charge in [0.25, 0.3) is 5.91 Å². The Morgan fingerprint density at radius 2 is 2.37 bits per heavy atom. The number of hydrogen-bond acceptors (Lipinski definition) is 6. The highest BCUT2D eigenvalue weighted by Gasteiger charge is 2.45. The highest BCUT2D eigenvalue weighted by atomic mass is 16.3. The molecule has 1 unspecified atom stereocenters. The van der Waals surface area contributed by atoms with Crippen LogP contribution in [0.5, 0.6) is 0 Å². The van der Waals surface area contributed by atoms with Gasteiger partial charge in [-0.1, -0.05) is 6.92 Å². The normalized spacial score (nSPS) is 31.4. The summed E-state index contributed by atoms with van der Waals surface area (Å²) < 4.78 is 0. The lowest BCUT2D eigenvalue weighted by molar-refractivity contribution is -0.0678. The first kappa shape index (κ1) is 18.1. The first-order valence-electron chi connectivity index (χ1n) is 9.89. The van der Waals surface area contributed by atoms with Gasteiger partial charge in [-0.3, -0.25) is 4.79 Å². The zero-order chi connectivity index (χ0) is 19.0. The molecule has 144 valence electrons. The molecule has 4 N–H and O–H groups in total. The van der Waals surface area contributed by atoms with Crippen molar-refractivity contribution in [2.45, 2.75) is 57.1 Å². The first-order chi connectivity index (χ1) is 13.0. The summed E-state index contributed by atoms with van der Waals surface area (Å²) in [6.07, 6.45) is 6.94. The summed E-state index contributed by atoms with van der Waals surface area (Å²) in [6.45, 7) is 3.00. The van der Waals surface area contributed by atoms with E-state index in [1.807, 2.05) is 6.07 Å². The van der Waals surface area contributed by atoms with Crippen molar-refractivity contribution in [3.05, 3.63) is 17.3 Å². The summed E-state index contributed by atoms with van der Waals surface area (Å²) in [5.74, 6) is 1.48. The third kappa shape index (κ3) is 3.46. The van der Waals surface area contributed by atoms with Crippen LogP contribution in [0.25, 0.3) is 0 Å². The molecule has 2 fully saturated rings. The van der Waals surface area contributed by atoms with E-state index < -0.39 is 5.60 Å². The largest absolute Gasteiger partial charge is 0.390 e. The predicted octanol–water partition coefficient (Wildman–Crippen LogP) is 2.04. The van der Waals surface area contributed by atoms with E-state index in [0.717, 1.165) is 62.1 Å². The van der Waals surface area contributed by atoms with E-state index in [1.165, 1.54) is 0 Å². The number of amides is 1. The smallest absolute Gasteiger partial charge is 0.255 e. The van der Waals surface area contributed by atoms with Gasteiger partial charge in [0.15, 0.2) is 0 Å². The van der Waals surface area contributed by atoms with E-state index in [1.54, 1.807) is 6.20 Å². The molecule has 7 heteroatoms. The maximum atomic E-state index is 12.6. The standard InChI is InChI=1S/C20H27N5O2/c1-12-8-13-10-20(27,9-12)4-2-16(13)25-17-14-3-6-22-18(14)24-11-15(17)19(26)23-7-5-21/h11-13,16,27H,2-4,6-10H2,1H3,(H,23,26)(H2,22,24,25)/t12?,13-,16-,20-/m1/s1. The fourth-order valence-corrected chi connectivity index (χ4v) is 5.26. The van der Waals surface area contributed by atoms with Crippen LogP contribution >= 0.6 is 0 Å². The van der Waals surface area contributed by atoms with Crippen LogP contribution in [-0.4, -0.2) is 40.7 Å². The molecule has 0 spiro atoms. The average molecular weight is 369 g/mol. The molecule has 2 bridgehead atoms. The molecule has 2 aliphatic carbocycles. The molecule has 7 nitrogen and oxygen atoms in total. The number of aliphatic hydroxyl groups is 1. The first-order valence-corrected chi connectivity index (χ1v) is 9.89. The Kier molecular flexibility index (Phi) is 4.68. The molecular weight excluding hydrogens is 342 g/mol. The van der Waals surface area contributed by atoms with Crippen molar-refractivity contribution < 1.29 is 9.90 Å². The van der Waals surface area contributed by atoms with Crippen LogP contribution < -0.4 is 16.0 Å². The van der Waals surface area contributed by atoms with Crippen LogP contribution in [0, 0.1) is 23.2 Å². The molecule has 3 aliphatic rings. The van der Waals surface area contributed by atoms with Gasteiger partial charge in [0.05, 0.1) is 22.9 Å². The minimum Gasteiger partial charge on any atom is -0.390 e. The molecule has 0 radical (unpaired) electrons. The van der Waals surface area contributed by atoms with E-state index in [-0.39, 0.29) is 18.5 Å². The average Bonchev–Trinajstić information content (AvgIpc) is 3.10. The molecule has 1 aromatic heterocycles. The number of carbonyl (C=O) groups excluding carboxylic acids is 1. The van der Waals surface area contributed by atoms with Crippen LogP contribution in [0.2, 0.25) is 0 Å². The molecule has 0 aromatic carbocycles. The minimum absolute atomic E-state index is 0.0236. The fraction of sp³-hybridized carbons (Fsp3) is 0.650. The second-order valence-electron chi connectivity index (χ2n) is 8.41. The number of aromatic nitrogens is 1. The third-order valence-corrected chi connectivity index (χ3v) is 6.31. The Morgan fingerprint density at radius 3 is 3.19 bits per heavy atom. The summed E-state index contributed by atoms with van der Waals surface area (Å²) in [7, 11) is 0. The van der Waals surface area contributed by atoms with Gasteiger partial charge in [-0.05, 0) is 50.4 Å². The second-order valence-corrected chi connectivity index (χ2v) is 8.41. The van der Waals surface area contributed by atoms with Crippen LogP contribution in [0.1, 0.15) is 54.9 Å². The van der Waals surface area contributed by atoms with Crippen molar-refractivity contribution in [2.24, 2.45) is 11.8 Å². The SMILES string of the molecule is CC1C[C@@H]2C[C@@](O)(CC[C@H]2Nc2c(C(=O)NCC#N)cnc3c2CCN3)C1. The molecule has 1 aromatic rings. The Hall–Kier alpha value is -2.33. The lowest BCUT2D eigenvalue weighted by Crippen LogP contribution is -2.49. The zero-order valence-electron chi connectivity index (χ0n) is 15.7. The van der Waals surface area contributed by atoms with Gasteiger partial charge in [0.1, 0.15) is 12.4 Å². The predicted molar refractivity (Wildman–Crippen MR) is 102 cm³/mol. The van der Waals surface area contributed by atoms with Gasteiger partial charge in [-0.2, -0.15) is 5.26 Å². The van der Waals surface area contributed by atoms with Gasteiger partial charge in [-0.25, -0.2) is 4.98 Å². The second kappa shape index (κ2) is 7.01. The maximum absolute atomic E-state index is 12.6. The van der Waals surface area contributed by atoms with E-state index in [4.69, 9.17) is 5.26 Å². The van der Waals surface area contributed by atoms with Crippen molar-refractivity contribution in [3.8, 4) is 6.07 Å². The number of nitrogens with one attached hydrogen (secondary N) is 3. The van der Waals surface area contributed by atoms with Crippen molar-refractivity contribution in [2.75, 3.05) is 23.7 Å². The number of carbonyl (C=O) groups is 1. The minimum atomic E-state index is -0.519. The Bertz CT molecular complexity index is 789. The van der Waals surface area contributed by atoms with Gasteiger partial charge >= 0.3 is 0 Å². The highest BCUT2D eigenvalue weighted by Crippen LogP contribution is 2.46. The molecule has 2 heterocycles. The lowest BCUT2D eigenvalue weighted by atomic mass is 9.64. The number of rotatable bonds is 4. The van der Waals surface area contributed by atoms with E-state index in [2.05, 4.69) is 27.9 Å². The summed E-state index contributed by atoms with van der Waals surface area (Å²) >= 11 is 0. The summed E-state index contributed by atoms with van der Waals surface area (Å²) in [5, 5.41) is 29.1. The van der Waals surface area contributed by atoms with Crippen molar-refractivity contribution >= 4 is 17.4 Å². The van der Waals surface area contributed by atoms with E-state index in [0.29, 0.717) is 17.4 Å². The number of hydrogen-bond donors (Lipinski definition) is 4. The maximum Gasteiger partial charge on any atom is 0.255 e. The van der Waals surface area contributed by atoms with Crippen LogP contribution in [0.4, 0.5) is 11.5 Å². The fourth-order valence-electron chi connectivity index (χ4n) is 5.26. The molecule has 4 rings (SSSR count). The van der Waals surface area contributed by atoms with Crippen molar-refractivity contribution in [1.82, 2.24) is 10.3 Å². The third-order valence-electron chi connectivity index (χ3n) is 6.31. The Morgan fingerprint density at radius 1 is 1.52 bits per heavy atom. The molecule has 1 amide bonds. The number of anilines is 2. The summed E-state index contributed by atoms with van der Waals surface area (Å²) in [5.41, 5.74) is 1.87. The Balaban J connectivity index is 1.62. The number of pyridine rings is 1. The number of nitrogens with zero attached hydrogens (tertiary/aromatic N) is 2. The van der Waals surface area contributed by atoms with E-state index in [9.17, 15) is 9.90 Å². The van der Waals surface area contributed by atoms with Crippen LogP contribution in [-0.2, 0) is 6.42 Å². The molecule has 4 atom stereocenters. The van der Waals surface area contributed by atoms with Gasteiger partial charge in [0.2, 0.25) is 0 Å². The van der Waals surface area contributed by atoms with Crippen molar-refractivity contribution in [3.63, 3.8) is 0 Å². The van der Waals surface area contributed by atoms with E-state index >= 15 is 0 Å². The molecule has 0 saturated heterocycles. The van der Waals surface area contributed by atoms with Crippen molar-refractivity contribution in [1.29, 1.82) is 5.26 Å². The zero-order valence-corrected chi connectivity index (χ0v) is 15.7. The molecular formula is C20H27N5O2. The summed E-state index contributed by atoms with van der Waals surface area (Å²) in [4.78, 5) is 17.0. The van der Waals surface area contributed by atoms with Gasteiger partial charge in [0, 0.05) is 24.3 Å². The lowest BCUT2D eigenvalue weighted by Gasteiger charge is -2.48. The topological polar surface area (TPSA) is 110 Å². The number of fused-ring (bicyclic) bond motifs is 3. The monoisotopic (exact) mass is 369 g/mol. The molecule has 1 aliphatic heterocycles. The van der Waals surface area contributed by atoms with Gasteiger partial charge in [-0.15, -0.1) is 0 Å². The highest BCUT2D eigenvalue weighted by molar-refractivity contribution is 6.01. The number of nitriles is 1. The van der Waals surface area contributed by atoms with Crippen LogP contribution in [0.3, 0.4) is 0 Å². The molecule has 2 saturated carbocycles. The molecule has 27 heavy (non-hydrogen) atoms. The summed E-state index contributed by atoms with van der Waals surface area (Å²) in [6, 6.07) is 2.18. The van der Waals surface area contributed by atoms with Gasteiger partial charge < -0.3 is 21.1 Å². The quantitative estimate of drug-likeness (QED) is 0.605. The Labute approximate surface area is 159 Å².